The highest BCUT2D eigenvalue weighted by atomic mass is 16.5. The van der Waals surface area contributed by atoms with Crippen molar-refractivity contribution in [1.29, 1.82) is 5.26 Å². The van der Waals surface area contributed by atoms with E-state index in [4.69, 9.17) is 14.1 Å². The quantitative estimate of drug-likeness (QED) is 0.844. The van der Waals surface area contributed by atoms with Crippen LogP contribution in [0.5, 0.6) is 11.5 Å². The van der Waals surface area contributed by atoms with Crippen LogP contribution in [-0.2, 0) is 4.65 Å². The van der Waals surface area contributed by atoms with E-state index in [1.807, 2.05) is 31.2 Å². The number of nitriles is 1. The topological polar surface area (TPSA) is 84.6 Å². The molecule has 1 aliphatic heterocycles. The average molecular weight is 338 g/mol. The van der Waals surface area contributed by atoms with Crippen molar-refractivity contribution in [2.24, 2.45) is 0 Å². The minimum Gasteiger partial charge on any atom is -0.493 e. The Kier molecular flexibility index (Phi) is 5.22. The van der Waals surface area contributed by atoms with Crippen LogP contribution in [0.3, 0.4) is 0 Å². The van der Waals surface area contributed by atoms with Crippen LogP contribution in [0.4, 0.5) is 0 Å². The molecule has 1 fully saturated rings. The number of hydrogen-bond acceptors (Lipinski definition) is 6. The number of pyridine rings is 1. The van der Waals surface area contributed by atoms with Gasteiger partial charge in [-0.2, -0.15) is 5.26 Å². The second kappa shape index (κ2) is 7.56. The lowest BCUT2D eigenvalue weighted by atomic mass is 9.81. The van der Waals surface area contributed by atoms with E-state index in [0.29, 0.717) is 47.9 Å². The number of aromatic nitrogens is 1. The standard InChI is InChI=1S/C18H19BN2O4/c1-3-24-18-14(10-20)13(7-8-17(18)23-2)16-6-4-5-15(21-16)12-9-19(22)25-11-12/h4-8,12,22H,3,9,11H2,1-2H3/t12-/m0/s1. The van der Waals surface area contributed by atoms with E-state index in [1.54, 1.807) is 13.2 Å². The Morgan fingerprint density at radius 1 is 1.40 bits per heavy atom. The zero-order chi connectivity index (χ0) is 17.8. The van der Waals surface area contributed by atoms with Gasteiger partial charge >= 0.3 is 7.12 Å². The molecule has 1 aromatic carbocycles. The van der Waals surface area contributed by atoms with E-state index in [9.17, 15) is 10.3 Å². The predicted octanol–water partition coefficient (Wildman–Crippen LogP) is 2.62. The third-order valence-electron chi connectivity index (χ3n) is 4.18. The lowest BCUT2D eigenvalue weighted by Crippen LogP contribution is -2.08. The van der Waals surface area contributed by atoms with Crippen LogP contribution in [0.15, 0.2) is 30.3 Å². The Hall–Kier alpha value is -2.56. The minimum atomic E-state index is -0.740. The van der Waals surface area contributed by atoms with E-state index >= 15 is 0 Å². The third kappa shape index (κ3) is 3.45. The fourth-order valence-electron chi connectivity index (χ4n) is 2.98. The molecule has 0 radical (unpaired) electrons. The maximum absolute atomic E-state index is 9.66. The number of rotatable bonds is 5. The van der Waals surface area contributed by atoms with E-state index in [1.165, 1.54) is 0 Å². The van der Waals surface area contributed by atoms with E-state index in [0.717, 1.165) is 5.69 Å². The van der Waals surface area contributed by atoms with Gasteiger partial charge in [0.25, 0.3) is 0 Å². The molecule has 0 saturated carbocycles. The highest BCUT2D eigenvalue weighted by Gasteiger charge is 2.30. The maximum Gasteiger partial charge on any atom is 0.454 e. The van der Waals surface area contributed by atoms with Crippen LogP contribution in [-0.4, -0.2) is 37.4 Å². The molecule has 6 nitrogen and oxygen atoms in total. The fourth-order valence-corrected chi connectivity index (χ4v) is 2.98. The van der Waals surface area contributed by atoms with Gasteiger partial charge in [0.2, 0.25) is 0 Å². The molecule has 0 unspecified atom stereocenters. The summed E-state index contributed by atoms with van der Waals surface area (Å²) in [5, 5.41) is 19.2. The number of methoxy groups -OCH3 is 1. The average Bonchev–Trinajstić information content (AvgIpc) is 3.08. The molecule has 1 N–H and O–H groups in total. The van der Waals surface area contributed by atoms with Gasteiger partial charge in [0.1, 0.15) is 11.6 Å². The fraction of sp³-hybridized carbons (Fsp3) is 0.333. The van der Waals surface area contributed by atoms with Crippen LogP contribution in [0.1, 0.15) is 24.1 Å². The molecule has 0 amide bonds. The first kappa shape index (κ1) is 17.3. The minimum absolute atomic E-state index is 0.0464. The molecule has 1 aromatic heterocycles. The molecule has 7 heteroatoms. The first-order valence-electron chi connectivity index (χ1n) is 8.18. The zero-order valence-corrected chi connectivity index (χ0v) is 14.2. The first-order valence-corrected chi connectivity index (χ1v) is 8.18. The monoisotopic (exact) mass is 338 g/mol. The normalized spacial score (nSPS) is 16.6. The van der Waals surface area contributed by atoms with E-state index < -0.39 is 7.12 Å². The lowest BCUT2D eigenvalue weighted by molar-refractivity contribution is 0.291. The largest absolute Gasteiger partial charge is 0.493 e. The Morgan fingerprint density at radius 2 is 2.24 bits per heavy atom. The summed E-state index contributed by atoms with van der Waals surface area (Å²) in [6, 6.07) is 11.5. The lowest BCUT2D eigenvalue weighted by Gasteiger charge is -2.15. The molecule has 1 atom stereocenters. The number of hydrogen-bond donors (Lipinski definition) is 1. The highest BCUT2D eigenvalue weighted by Crippen LogP contribution is 2.38. The Bertz CT molecular complexity index is 806. The van der Waals surface area contributed by atoms with Crippen molar-refractivity contribution in [2.75, 3.05) is 20.3 Å². The molecule has 128 valence electrons. The molecule has 0 bridgehead atoms. The number of benzene rings is 1. The molecule has 1 aliphatic rings. The van der Waals surface area contributed by atoms with Crippen molar-refractivity contribution in [2.45, 2.75) is 19.2 Å². The Balaban J connectivity index is 2.05. The van der Waals surface area contributed by atoms with Gasteiger partial charge in [-0.3, -0.25) is 4.98 Å². The summed E-state index contributed by atoms with van der Waals surface area (Å²) in [7, 11) is 0.804. The summed E-state index contributed by atoms with van der Waals surface area (Å²) < 4.78 is 16.2. The van der Waals surface area contributed by atoms with Crippen molar-refractivity contribution < 1.29 is 19.2 Å². The van der Waals surface area contributed by atoms with Crippen LogP contribution in [0.25, 0.3) is 11.3 Å². The number of nitrogens with zero attached hydrogens (tertiary/aromatic N) is 2. The Morgan fingerprint density at radius 3 is 2.88 bits per heavy atom. The zero-order valence-electron chi connectivity index (χ0n) is 14.2. The molecule has 1 saturated heterocycles. The van der Waals surface area contributed by atoms with Gasteiger partial charge in [0.15, 0.2) is 11.5 Å². The second-order valence-electron chi connectivity index (χ2n) is 5.73. The second-order valence-corrected chi connectivity index (χ2v) is 5.73. The van der Waals surface area contributed by atoms with E-state index in [2.05, 4.69) is 11.1 Å². The van der Waals surface area contributed by atoms with Gasteiger partial charge in [-0.15, -0.1) is 0 Å². The van der Waals surface area contributed by atoms with Crippen molar-refractivity contribution >= 4 is 7.12 Å². The molecule has 0 aliphatic carbocycles. The smallest absolute Gasteiger partial charge is 0.454 e. The number of ether oxygens (including phenoxy) is 2. The van der Waals surface area contributed by atoms with Gasteiger partial charge in [-0.25, -0.2) is 0 Å². The summed E-state index contributed by atoms with van der Waals surface area (Å²) in [6.45, 7) is 2.73. The molecule has 3 rings (SSSR count). The summed E-state index contributed by atoms with van der Waals surface area (Å²) in [5.74, 6) is 0.993. The Labute approximate surface area is 147 Å². The molecular formula is C18H19BN2O4. The predicted molar refractivity (Wildman–Crippen MR) is 93.6 cm³/mol. The van der Waals surface area contributed by atoms with Gasteiger partial charge in [-0.05, 0) is 37.5 Å². The van der Waals surface area contributed by atoms with Gasteiger partial charge in [0, 0.05) is 23.8 Å². The summed E-state index contributed by atoms with van der Waals surface area (Å²) in [6.07, 6.45) is 0.522. The van der Waals surface area contributed by atoms with Crippen molar-refractivity contribution in [3.63, 3.8) is 0 Å². The van der Waals surface area contributed by atoms with Crippen molar-refractivity contribution in [3.05, 3.63) is 41.6 Å². The maximum atomic E-state index is 9.66. The van der Waals surface area contributed by atoms with Crippen LogP contribution in [0, 0.1) is 11.3 Å². The van der Waals surface area contributed by atoms with Crippen molar-refractivity contribution in [1.82, 2.24) is 4.98 Å². The highest BCUT2D eigenvalue weighted by molar-refractivity contribution is 6.43. The SMILES string of the molecule is CCOc1c(OC)ccc(-c2cccc([C@@H]3COB(O)C3)n2)c1C#N. The summed E-state index contributed by atoms with van der Waals surface area (Å²) in [4.78, 5) is 4.69. The van der Waals surface area contributed by atoms with Crippen LogP contribution < -0.4 is 9.47 Å². The molecule has 0 spiro atoms. The summed E-state index contributed by atoms with van der Waals surface area (Å²) in [5.41, 5.74) is 2.60. The molecule has 25 heavy (non-hydrogen) atoms. The molecule has 2 heterocycles. The van der Waals surface area contributed by atoms with Crippen LogP contribution >= 0.6 is 0 Å². The van der Waals surface area contributed by atoms with Gasteiger partial charge in [0.05, 0.1) is 19.4 Å². The molecule has 2 aromatic rings. The summed E-state index contributed by atoms with van der Waals surface area (Å²) >= 11 is 0. The van der Waals surface area contributed by atoms with Crippen molar-refractivity contribution in [3.8, 4) is 28.8 Å². The molecular weight excluding hydrogens is 319 g/mol. The van der Waals surface area contributed by atoms with E-state index in [-0.39, 0.29) is 5.92 Å². The third-order valence-corrected chi connectivity index (χ3v) is 4.18. The first-order chi connectivity index (χ1) is 12.2. The van der Waals surface area contributed by atoms with Gasteiger partial charge < -0.3 is 19.2 Å². The van der Waals surface area contributed by atoms with Gasteiger partial charge in [-0.1, -0.05) is 6.07 Å². The van der Waals surface area contributed by atoms with Crippen LogP contribution in [0.2, 0.25) is 6.32 Å².